The van der Waals surface area contributed by atoms with Crippen LogP contribution in [-0.4, -0.2) is 42.1 Å². The van der Waals surface area contributed by atoms with Crippen molar-refractivity contribution < 1.29 is 13.5 Å². The molecule has 1 atom stereocenters. The van der Waals surface area contributed by atoms with Gasteiger partial charge in [0.15, 0.2) is 9.84 Å². The lowest BCUT2D eigenvalue weighted by Gasteiger charge is -2.13. The maximum absolute atomic E-state index is 13.1. The topological polar surface area (TPSA) is 95.1 Å². The Bertz CT molecular complexity index is 994. The van der Waals surface area contributed by atoms with Gasteiger partial charge < -0.3 is 10.4 Å². The number of nitrogens with zero attached hydrogens (tertiary/aromatic N) is 1. The van der Waals surface area contributed by atoms with Crippen LogP contribution >= 0.6 is 12.4 Å². The third-order valence-corrected chi connectivity index (χ3v) is 6.71. The summed E-state index contributed by atoms with van der Waals surface area (Å²) in [6, 6.07) is 10.3. The highest BCUT2D eigenvalue weighted by atomic mass is 35.5. The van der Waals surface area contributed by atoms with E-state index >= 15 is 0 Å². The molecule has 1 aliphatic heterocycles. The number of phenolic OH excluding ortho intramolecular Hbond substituents is 1. The largest absolute Gasteiger partial charge is 0.508 e. The predicted molar refractivity (Wildman–Crippen MR) is 98.9 cm³/mol. The van der Waals surface area contributed by atoms with E-state index in [9.17, 15) is 13.5 Å². The Labute approximate surface area is 151 Å². The van der Waals surface area contributed by atoms with Crippen molar-refractivity contribution in [1.82, 2.24) is 15.5 Å². The maximum atomic E-state index is 13.1. The van der Waals surface area contributed by atoms with E-state index in [1.54, 1.807) is 36.5 Å². The van der Waals surface area contributed by atoms with Crippen molar-refractivity contribution in [2.75, 3.05) is 13.1 Å². The quantitative estimate of drug-likeness (QED) is 0.649. The Hall–Kier alpha value is -2.09. The molecule has 3 aromatic rings. The van der Waals surface area contributed by atoms with E-state index in [0.717, 1.165) is 17.7 Å². The van der Waals surface area contributed by atoms with Gasteiger partial charge in [-0.2, -0.15) is 5.10 Å². The summed E-state index contributed by atoms with van der Waals surface area (Å²) < 4.78 is 26.1. The Morgan fingerprint density at radius 3 is 2.56 bits per heavy atom. The normalized spacial score (nSPS) is 17.5. The number of H-pyrrole nitrogens is 1. The standard InChI is InChI=1S/C17H17N3O3S.ClH/c21-13-3-1-11(2-4-13)12-7-16-15(10-19-20-16)17(8-12)24(22,23)14-5-6-18-9-14;/h1-4,7-8,10,14,18,21H,5-6,9H2,(H,19,20);1H/t14-;/m0./s1. The third kappa shape index (κ3) is 3.10. The number of phenols is 1. The molecule has 0 saturated carbocycles. The summed E-state index contributed by atoms with van der Waals surface area (Å²) >= 11 is 0. The number of halogens is 1. The average molecular weight is 380 g/mol. The summed E-state index contributed by atoms with van der Waals surface area (Å²) in [6.07, 6.45) is 2.18. The Morgan fingerprint density at radius 1 is 1.12 bits per heavy atom. The molecular formula is C17H18ClN3O3S. The summed E-state index contributed by atoms with van der Waals surface area (Å²) in [5.41, 5.74) is 2.30. The SMILES string of the molecule is Cl.O=S(=O)(c1cc(-c2ccc(O)cc2)cc2[nH]ncc12)[C@H]1CCNC1. The van der Waals surface area contributed by atoms with Crippen molar-refractivity contribution >= 4 is 33.1 Å². The van der Waals surface area contributed by atoms with Gasteiger partial charge in [-0.1, -0.05) is 12.1 Å². The van der Waals surface area contributed by atoms with E-state index in [-0.39, 0.29) is 18.2 Å². The van der Waals surface area contributed by atoms with Crippen LogP contribution in [0.2, 0.25) is 0 Å². The lowest BCUT2D eigenvalue weighted by atomic mass is 10.0. The third-order valence-electron chi connectivity index (χ3n) is 4.48. The number of aromatic amines is 1. The van der Waals surface area contributed by atoms with Crippen molar-refractivity contribution in [3.63, 3.8) is 0 Å². The first-order valence-corrected chi connectivity index (χ1v) is 9.31. The zero-order valence-corrected chi connectivity index (χ0v) is 14.9. The van der Waals surface area contributed by atoms with Gasteiger partial charge in [0, 0.05) is 11.9 Å². The highest BCUT2D eigenvalue weighted by Crippen LogP contribution is 2.33. The number of aromatic hydroxyl groups is 1. The molecule has 2 aromatic carbocycles. The lowest BCUT2D eigenvalue weighted by molar-refractivity contribution is 0.475. The van der Waals surface area contributed by atoms with Crippen LogP contribution in [0.4, 0.5) is 0 Å². The number of benzene rings is 2. The van der Waals surface area contributed by atoms with Crippen molar-refractivity contribution in [2.45, 2.75) is 16.6 Å². The molecule has 6 nitrogen and oxygen atoms in total. The minimum Gasteiger partial charge on any atom is -0.508 e. The summed E-state index contributed by atoms with van der Waals surface area (Å²) in [6.45, 7) is 1.20. The molecule has 1 saturated heterocycles. The van der Waals surface area contributed by atoms with Crippen LogP contribution in [0.1, 0.15) is 6.42 Å². The molecular weight excluding hydrogens is 362 g/mol. The van der Waals surface area contributed by atoms with Crippen LogP contribution in [0, 0.1) is 0 Å². The number of rotatable bonds is 3. The van der Waals surface area contributed by atoms with Gasteiger partial charge in [0.05, 0.1) is 21.9 Å². The Morgan fingerprint density at radius 2 is 1.88 bits per heavy atom. The van der Waals surface area contributed by atoms with Crippen molar-refractivity contribution in [3.05, 3.63) is 42.6 Å². The molecule has 4 rings (SSSR count). The Kier molecular flexibility index (Phi) is 4.73. The molecule has 0 bridgehead atoms. The second-order valence-corrected chi connectivity index (χ2v) is 8.21. The predicted octanol–water partition coefficient (Wildman–Crippen LogP) is 2.49. The molecule has 132 valence electrons. The van der Waals surface area contributed by atoms with Gasteiger partial charge in [-0.05, 0) is 48.4 Å². The van der Waals surface area contributed by atoms with Crippen LogP contribution in [-0.2, 0) is 9.84 Å². The van der Waals surface area contributed by atoms with Gasteiger partial charge in [-0.15, -0.1) is 12.4 Å². The fraction of sp³-hybridized carbons (Fsp3) is 0.235. The number of hydrogen-bond donors (Lipinski definition) is 3. The highest BCUT2D eigenvalue weighted by Gasteiger charge is 2.32. The fourth-order valence-electron chi connectivity index (χ4n) is 3.15. The van der Waals surface area contributed by atoms with Gasteiger partial charge in [-0.25, -0.2) is 8.42 Å². The second-order valence-electron chi connectivity index (χ2n) is 6.01. The lowest BCUT2D eigenvalue weighted by Crippen LogP contribution is -2.24. The van der Waals surface area contributed by atoms with Gasteiger partial charge in [0.1, 0.15) is 5.75 Å². The van der Waals surface area contributed by atoms with Gasteiger partial charge in [0.25, 0.3) is 0 Å². The Balaban J connectivity index is 0.00000182. The van der Waals surface area contributed by atoms with Gasteiger partial charge >= 0.3 is 0 Å². The zero-order valence-electron chi connectivity index (χ0n) is 13.3. The summed E-state index contributed by atoms with van der Waals surface area (Å²) in [5.74, 6) is 0.172. The van der Waals surface area contributed by atoms with Crippen LogP contribution in [0.15, 0.2) is 47.5 Å². The molecule has 2 heterocycles. The van der Waals surface area contributed by atoms with E-state index in [1.165, 1.54) is 0 Å². The van der Waals surface area contributed by atoms with Crippen LogP contribution in [0.3, 0.4) is 0 Å². The molecule has 0 unspecified atom stereocenters. The van der Waals surface area contributed by atoms with E-state index in [2.05, 4.69) is 15.5 Å². The van der Waals surface area contributed by atoms with Crippen LogP contribution < -0.4 is 5.32 Å². The van der Waals surface area contributed by atoms with E-state index in [1.807, 2.05) is 6.07 Å². The summed E-state index contributed by atoms with van der Waals surface area (Å²) in [5, 5.41) is 19.6. The molecule has 0 spiro atoms. The number of sulfone groups is 1. The van der Waals surface area contributed by atoms with Crippen LogP contribution in [0.5, 0.6) is 5.75 Å². The number of nitrogens with one attached hydrogen (secondary N) is 2. The van der Waals surface area contributed by atoms with E-state index in [0.29, 0.717) is 28.8 Å². The van der Waals surface area contributed by atoms with Crippen molar-refractivity contribution in [3.8, 4) is 16.9 Å². The summed E-state index contributed by atoms with van der Waals surface area (Å²) in [4.78, 5) is 0.311. The van der Waals surface area contributed by atoms with Crippen LogP contribution in [0.25, 0.3) is 22.0 Å². The fourth-order valence-corrected chi connectivity index (χ4v) is 5.03. The monoisotopic (exact) mass is 379 g/mol. The molecule has 0 radical (unpaired) electrons. The molecule has 1 aliphatic rings. The molecule has 0 aliphatic carbocycles. The molecule has 0 amide bonds. The van der Waals surface area contributed by atoms with Crippen molar-refractivity contribution in [1.29, 1.82) is 0 Å². The maximum Gasteiger partial charge on any atom is 0.183 e. The van der Waals surface area contributed by atoms with Gasteiger partial charge in [-0.3, -0.25) is 5.10 Å². The van der Waals surface area contributed by atoms with Crippen molar-refractivity contribution in [2.24, 2.45) is 0 Å². The minimum atomic E-state index is -3.45. The molecule has 8 heteroatoms. The molecule has 1 fully saturated rings. The zero-order chi connectivity index (χ0) is 16.7. The first-order valence-electron chi connectivity index (χ1n) is 7.77. The first kappa shape index (κ1) is 17.7. The van der Waals surface area contributed by atoms with E-state index < -0.39 is 15.1 Å². The highest BCUT2D eigenvalue weighted by molar-refractivity contribution is 7.92. The minimum absolute atomic E-state index is 0. The molecule has 25 heavy (non-hydrogen) atoms. The molecule has 1 aromatic heterocycles. The summed E-state index contributed by atoms with van der Waals surface area (Å²) in [7, 11) is -3.45. The average Bonchev–Trinajstić information content (AvgIpc) is 3.26. The number of fused-ring (bicyclic) bond motifs is 1. The second kappa shape index (κ2) is 6.67. The first-order chi connectivity index (χ1) is 11.6. The smallest absolute Gasteiger partial charge is 0.183 e. The molecule has 3 N–H and O–H groups in total. The number of aromatic nitrogens is 2. The van der Waals surface area contributed by atoms with Gasteiger partial charge in [0.2, 0.25) is 0 Å². The van der Waals surface area contributed by atoms with E-state index in [4.69, 9.17) is 0 Å². The number of hydrogen-bond acceptors (Lipinski definition) is 5.